The number of phenolic OH excluding ortho intramolecular Hbond substituents is 1. The molecule has 3 N–H and O–H groups in total. The first-order valence-electron chi connectivity index (χ1n) is 5.18. The largest absolute Gasteiger partial charge is 0.507 e. The smallest absolute Gasteiger partial charge is 0.231 e. The third kappa shape index (κ3) is 1.59. The number of fused-ring (bicyclic) bond motifs is 1. The Morgan fingerprint density at radius 2 is 1.94 bits per heavy atom. The quantitative estimate of drug-likeness (QED) is 0.626. The minimum absolute atomic E-state index is 0.145. The lowest BCUT2D eigenvalue weighted by Crippen LogP contribution is -1.81. The van der Waals surface area contributed by atoms with Crippen LogP contribution in [0.2, 0.25) is 0 Å². The maximum Gasteiger partial charge on any atom is 0.231 e. The summed E-state index contributed by atoms with van der Waals surface area (Å²) in [5, 5.41) is 9.72. The highest BCUT2D eigenvalue weighted by Crippen LogP contribution is 2.30. The van der Waals surface area contributed by atoms with E-state index in [1.165, 1.54) is 0 Å². The van der Waals surface area contributed by atoms with Gasteiger partial charge >= 0.3 is 0 Å². The molecule has 0 saturated carbocycles. The number of nitrogens with zero attached hydrogens (tertiary/aromatic N) is 1. The van der Waals surface area contributed by atoms with E-state index >= 15 is 0 Å². The summed E-state index contributed by atoms with van der Waals surface area (Å²) in [4.78, 5) is 4.30. The Kier molecular flexibility index (Phi) is 2.01. The van der Waals surface area contributed by atoms with E-state index in [0.717, 1.165) is 5.52 Å². The third-order valence-corrected chi connectivity index (χ3v) is 2.55. The molecule has 4 nitrogen and oxygen atoms in total. The van der Waals surface area contributed by atoms with Gasteiger partial charge in [0.1, 0.15) is 11.3 Å². The summed E-state index contributed by atoms with van der Waals surface area (Å²) in [7, 11) is 0. The van der Waals surface area contributed by atoms with Gasteiger partial charge in [-0.05, 0) is 24.3 Å². The highest BCUT2D eigenvalue weighted by atomic mass is 16.3. The van der Waals surface area contributed by atoms with E-state index in [1.54, 1.807) is 36.4 Å². The van der Waals surface area contributed by atoms with Crippen molar-refractivity contribution in [2.45, 2.75) is 0 Å². The molecular formula is C13H10N2O2. The number of anilines is 1. The van der Waals surface area contributed by atoms with Gasteiger partial charge in [0.2, 0.25) is 5.89 Å². The number of hydrogen-bond donors (Lipinski definition) is 2. The summed E-state index contributed by atoms with van der Waals surface area (Å²) in [6.07, 6.45) is 0. The second kappa shape index (κ2) is 3.52. The van der Waals surface area contributed by atoms with Crippen LogP contribution >= 0.6 is 0 Å². The number of benzene rings is 2. The second-order valence-electron chi connectivity index (χ2n) is 3.76. The van der Waals surface area contributed by atoms with Crippen molar-refractivity contribution in [3.05, 3.63) is 42.5 Å². The van der Waals surface area contributed by atoms with Crippen LogP contribution in [-0.2, 0) is 0 Å². The maximum absolute atomic E-state index is 9.72. The number of aromatic hydroxyl groups is 1. The summed E-state index contributed by atoms with van der Waals surface area (Å²) in [5.41, 5.74) is 8.19. The van der Waals surface area contributed by atoms with E-state index in [1.807, 2.05) is 6.07 Å². The first-order chi connectivity index (χ1) is 8.24. The second-order valence-corrected chi connectivity index (χ2v) is 3.76. The SMILES string of the molecule is Nc1ccc2nc(-c3ccccc3O)oc2c1. The van der Waals surface area contributed by atoms with Gasteiger partial charge in [-0.25, -0.2) is 4.98 Å². The van der Waals surface area contributed by atoms with Gasteiger partial charge in [0.15, 0.2) is 5.58 Å². The van der Waals surface area contributed by atoms with Gasteiger partial charge in [0.05, 0.1) is 5.56 Å². The Bertz CT molecular complexity index is 689. The van der Waals surface area contributed by atoms with Crippen molar-refractivity contribution in [3.63, 3.8) is 0 Å². The van der Waals surface area contributed by atoms with Crippen LogP contribution in [0.4, 0.5) is 5.69 Å². The number of aromatic nitrogens is 1. The van der Waals surface area contributed by atoms with Gasteiger partial charge in [-0.2, -0.15) is 0 Å². The predicted molar refractivity (Wildman–Crippen MR) is 65.5 cm³/mol. The lowest BCUT2D eigenvalue weighted by Gasteiger charge is -1.97. The van der Waals surface area contributed by atoms with E-state index in [9.17, 15) is 5.11 Å². The van der Waals surface area contributed by atoms with E-state index in [0.29, 0.717) is 22.7 Å². The van der Waals surface area contributed by atoms with Crippen molar-refractivity contribution in [2.24, 2.45) is 0 Å². The van der Waals surface area contributed by atoms with Crippen LogP contribution in [0, 0.1) is 0 Å². The van der Waals surface area contributed by atoms with Crippen molar-refractivity contribution in [1.82, 2.24) is 4.98 Å². The molecule has 0 amide bonds. The summed E-state index contributed by atoms with van der Waals surface area (Å²) in [6.45, 7) is 0. The number of rotatable bonds is 1. The van der Waals surface area contributed by atoms with Crippen LogP contribution in [0.1, 0.15) is 0 Å². The number of hydrogen-bond acceptors (Lipinski definition) is 4. The van der Waals surface area contributed by atoms with Crippen molar-refractivity contribution >= 4 is 16.8 Å². The normalized spacial score (nSPS) is 10.8. The van der Waals surface area contributed by atoms with Gasteiger partial charge in [-0.3, -0.25) is 0 Å². The monoisotopic (exact) mass is 226 g/mol. The van der Waals surface area contributed by atoms with E-state index < -0.39 is 0 Å². The van der Waals surface area contributed by atoms with Gasteiger partial charge in [0.25, 0.3) is 0 Å². The van der Waals surface area contributed by atoms with Gasteiger partial charge in [0, 0.05) is 11.8 Å². The standard InChI is InChI=1S/C13H10N2O2/c14-8-5-6-10-12(7-8)17-13(15-10)9-3-1-2-4-11(9)16/h1-7,16H,14H2. The molecule has 3 rings (SSSR count). The van der Waals surface area contributed by atoms with Crippen molar-refractivity contribution in [2.75, 3.05) is 5.73 Å². The molecule has 2 aromatic carbocycles. The van der Waals surface area contributed by atoms with Crippen molar-refractivity contribution in [1.29, 1.82) is 0 Å². The lowest BCUT2D eigenvalue weighted by molar-refractivity contribution is 0.474. The Hall–Kier alpha value is -2.49. The highest BCUT2D eigenvalue weighted by molar-refractivity contribution is 5.80. The summed E-state index contributed by atoms with van der Waals surface area (Å²) in [5.74, 6) is 0.538. The molecule has 0 aliphatic heterocycles. The summed E-state index contributed by atoms with van der Waals surface area (Å²) in [6, 6.07) is 12.2. The molecule has 0 fully saturated rings. The fourth-order valence-corrected chi connectivity index (χ4v) is 1.71. The first-order valence-corrected chi connectivity index (χ1v) is 5.18. The zero-order chi connectivity index (χ0) is 11.8. The molecule has 0 aliphatic rings. The number of nitrogens with two attached hydrogens (primary N) is 1. The van der Waals surface area contributed by atoms with E-state index in [-0.39, 0.29) is 5.75 Å². The van der Waals surface area contributed by atoms with Crippen molar-refractivity contribution in [3.8, 4) is 17.2 Å². The zero-order valence-corrected chi connectivity index (χ0v) is 8.92. The molecule has 0 atom stereocenters. The molecule has 4 heteroatoms. The number of nitrogen functional groups attached to an aromatic ring is 1. The fourth-order valence-electron chi connectivity index (χ4n) is 1.71. The summed E-state index contributed by atoms with van der Waals surface area (Å²) >= 11 is 0. The molecule has 0 spiro atoms. The van der Waals surface area contributed by atoms with E-state index in [2.05, 4.69) is 4.98 Å². The fraction of sp³-hybridized carbons (Fsp3) is 0. The molecule has 0 bridgehead atoms. The van der Waals surface area contributed by atoms with Crippen LogP contribution in [0.3, 0.4) is 0 Å². The molecular weight excluding hydrogens is 216 g/mol. The molecule has 1 heterocycles. The number of para-hydroxylation sites is 1. The molecule has 1 aromatic heterocycles. The minimum atomic E-state index is 0.145. The van der Waals surface area contributed by atoms with Crippen LogP contribution in [0.25, 0.3) is 22.6 Å². The van der Waals surface area contributed by atoms with Crippen LogP contribution in [0.15, 0.2) is 46.9 Å². The number of oxazole rings is 1. The number of phenols is 1. The minimum Gasteiger partial charge on any atom is -0.507 e. The average molecular weight is 226 g/mol. The lowest BCUT2D eigenvalue weighted by atomic mass is 10.2. The molecule has 0 radical (unpaired) electrons. The highest BCUT2D eigenvalue weighted by Gasteiger charge is 2.11. The molecule has 3 aromatic rings. The van der Waals surface area contributed by atoms with Gasteiger partial charge in [-0.1, -0.05) is 12.1 Å². The Morgan fingerprint density at radius 1 is 1.12 bits per heavy atom. The molecule has 0 saturated heterocycles. The topological polar surface area (TPSA) is 72.3 Å². The third-order valence-electron chi connectivity index (χ3n) is 2.55. The van der Waals surface area contributed by atoms with Crippen LogP contribution in [0.5, 0.6) is 5.75 Å². The predicted octanol–water partition coefficient (Wildman–Crippen LogP) is 2.78. The average Bonchev–Trinajstić information content (AvgIpc) is 2.72. The first kappa shape index (κ1) is 9.72. The molecule has 17 heavy (non-hydrogen) atoms. The zero-order valence-electron chi connectivity index (χ0n) is 8.92. The Labute approximate surface area is 97.3 Å². The Balaban J connectivity index is 2.22. The van der Waals surface area contributed by atoms with Gasteiger partial charge < -0.3 is 15.3 Å². The maximum atomic E-state index is 9.72. The van der Waals surface area contributed by atoms with Crippen molar-refractivity contribution < 1.29 is 9.52 Å². The summed E-state index contributed by atoms with van der Waals surface area (Å²) < 4.78 is 5.56. The molecule has 0 aliphatic carbocycles. The van der Waals surface area contributed by atoms with Crippen LogP contribution < -0.4 is 5.73 Å². The van der Waals surface area contributed by atoms with E-state index in [4.69, 9.17) is 10.2 Å². The van der Waals surface area contributed by atoms with Gasteiger partial charge in [-0.15, -0.1) is 0 Å². The van der Waals surface area contributed by atoms with Crippen LogP contribution in [-0.4, -0.2) is 10.1 Å². The molecule has 0 unspecified atom stereocenters. The Morgan fingerprint density at radius 3 is 2.76 bits per heavy atom. The molecule has 84 valence electrons.